The average Bonchev–Trinajstić information content (AvgIpc) is 2.38. The minimum atomic E-state index is -0.209. The Labute approximate surface area is 115 Å². The van der Waals surface area contributed by atoms with Crippen LogP contribution in [-0.2, 0) is 0 Å². The van der Waals surface area contributed by atoms with E-state index < -0.39 is 0 Å². The Hall–Kier alpha value is -2.03. The first-order chi connectivity index (χ1) is 9.15. The summed E-state index contributed by atoms with van der Waals surface area (Å²) in [6.07, 6.45) is 0. The molecule has 3 rings (SSSR count). The molecule has 0 radical (unpaired) electrons. The zero-order valence-electron chi connectivity index (χ0n) is 9.83. The van der Waals surface area contributed by atoms with Gasteiger partial charge in [-0.25, -0.2) is 0 Å². The maximum atomic E-state index is 12.1. The van der Waals surface area contributed by atoms with E-state index >= 15 is 0 Å². The first-order valence-corrected chi connectivity index (χ1v) is 7.42. The van der Waals surface area contributed by atoms with Gasteiger partial charge < -0.3 is 0 Å². The maximum absolute atomic E-state index is 12.1. The summed E-state index contributed by atoms with van der Waals surface area (Å²) in [6, 6.07) is 14.0. The molecule has 2 aromatic carbocycles. The van der Waals surface area contributed by atoms with Gasteiger partial charge in [0, 0.05) is 0 Å². The van der Waals surface area contributed by atoms with Gasteiger partial charge >= 0.3 is 115 Å². The third-order valence-electron chi connectivity index (χ3n) is 2.85. The number of hydrogen-bond acceptors (Lipinski definition) is 3. The van der Waals surface area contributed by atoms with Crippen LogP contribution in [0.25, 0.3) is 19.6 Å². The number of benzene rings is 2. The molecule has 0 aliphatic heterocycles. The molecule has 0 fully saturated rings. The van der Waals surface area contributed by atoms with Crippen LogP contribution in [0.1, 0.15) is 0 Å². The van der Waals surface area contributed by atoms with Gasteiger partial charge in [-0.15, -0.1) is 0 Å². The number of fused-ring (bicyclic) bond motifs is 1. The molecule has 3 aromatic rings. The summed E-state index contributed by atoms with van der Waals surface area (Å²) in [7, 11) is 0. The van der Waals surface area contributed by atoms with E-state index in [0.717, 1.165) is 14.3 Å². The number of hydrogen-bond donors (Lipinski definition) is 2. The van der Waals surface area contributed by atoms with Crippen molar-refractivity contribution in [2.75, 3.05) is 0 Å². The van der Waals surface area contributed by atoms with Gasteiger partial charge in [-0.1, -0.05) is 0 Å². The number of phenols is 2. The van der Waals surface area contributed by atoms with Crippen molar-refractivity contribution in [2.45, 2.75) is 0 Å². The number of phenolic OH excluding ortho intramolecular Hbond substituents is 2. The van der Waals surface area contributed by atoms with E-state index in [4.69, 9.17) is 0 Å². The average molecular weight is 317 g/mol. The summed E-state index contributed by atoms with van der Waals surface area (Å²) < 4.78 is 1.67. The predicted octanol–water partition coefficient (Wildman–Crippen LogP) is 2.34. The van der Waals surface area contributed by atoms with Crippen LogP contribution in [0.4, 0.5) is 0 Å². The number of rotatable bonds is 1. The van der Waals surface area contributed by atoms with Crippen LogP contribution >= 0.6 is 0 Å². The second-order valence-corrected chi connectivity index (χ2v) is 6.45. The van der Waals surface area contributed by atoms with Gasteiger partial charge in [0.25, 0.3) is 0 Å². The summed E-state index contributed by atoms with van der Waals surface area (Å²) in [4.78, 5) is 12.1. The van der Waals surface area contributed by atoms with Gasteiger partial charge in [0.05, 0.1) is 0 Å². The summed E-state index contributed by atoms with van der Waals surface area (Å²) in [5.41, 5.74) is 0.795. The molecule has 94 valence electrons. The zero-order chi connectivity index (χ0) is 13.4. The molecule has 0 atom stereocenters. The molecule has 0 aliphatic rings. The van der Waals surface area contributed by atoms with Crippen molar-refractivity contribution in [3.05, 3.63) is 58.8 Å². The second-order valence-electron chi connectivity index (χ2n) is 4.18. The van der Waals surface area contributed by atoms with Crippen LogP contribution in [0.3, 0.4) is 0 Å². The predicted molar refractivity (Wildman–Crippen MR) is 75.9 cm³/mol. The van der Waals surface area contributed by atoms with Gasteiger partial charge in [0.1, 0.15) is 0 Å². The summed E-state index contributed by atoms with van der Waals surface area (Å²) in [5, 5.41) is 19.6. The second kappa shape index (κ2) is 4.57. The fraction of sp³-hybridized carbons (Fsp3) is 0. The van der Waals surface area contributed by atoms with E-state index in [-0.39, 0.29) is 31.4 Å². The van der Waals surface area contributed by atoms with Crippen LogP contribution in [0, 0.1) is 0 Å². The SMILES string of the molecule is O=c1cc(-c2ccccc2)[se]c2cc(O)cc(O)c12. The third kappa shape index (κ3) is 2.16. The van der Waals surface area contributed by atoms with Crippen molar-refractivity contribution in [1.29, 1.82) is 0 Å². The zero-order valence-corrected chi connectivity index (χ0v) is 11.5. The summed E-state index contributed by atoms with van der Waals surface area (Å²) in [5.74, 6) is -0.162. The van der Waals surface area contributed by atoms with Crippen LogP contribution in [-0.4, -0.2) is 24.7 Å². The van der Waals surface area contributed by atoms with Crippen LogP contribution in [0.2, 0.25) is 0 Å². The Morgan fingerprint density at radius 3 is 2.42 bits per heavy atom. The van der Waals surface area contributed by atoms with Crippen molar-refractivity contribution in [3.8, 4) is 21.5 Å². The van der Waals surface area contributed by atoms with E-state index in [9.17, 15) is 15.0 Å². The molecule has 0 amide bonds. The van der Waals surface area contributed by atoms with E-state index in [0.29, 0.717) is 5.39 Å². The molecule has 1 aromatic heterocycles. The van der Waals surface area contributed by atoms with Gasteiger partial charge in [-0.05, 0) is 0 Å². The van der Waals surface area contributed by atoms with Crippen molar-refractivity contribution >= 4 is 24.1 Å². The topological polar surface area (TPSA) is 57.5 Å². The van der Waals surface area contributed by atoms with E-state index in [1.165, 1.54) is 6.07 Å². The Bertz CT molecular complexity index is 807. The normalized spacial score (nSPS) is 10.7. The third-order valence-corrected chi connectivity index (χ3v) is 5.19. The standard InChI is InChI=1S/C15H10O3Se/c16-10-6-11(17)15-12(18)8-13(19-14(15)7-10)9-4-2-1-3-5-9/h1-8,16-17H. The van der Waals surface area contributed by atoms with Crippen LogP contribution in [0.15, 0.2) is 53.3 Å². The molecule has 2 N–H and O–H groups in total. The molecule has 0 saturated heterocycles. The monoisotopic (exact) mass is 318 g/mol. The Kier molecular flexibility index (Phi) is 2.90. The molecule has 19 heavy (non-hydrogen) atoms. The summed E-state index contributed by atoms with van der Waals surface area (Å²) >= 11 is -0.110. The summed E-state index contributed by atoms with van der Waals surface area (Å²) in [6.45, 7) is 0. The molecule has 0 bridgehead atoms. The molecule has 1 heterocycles. The van der Waals surface area contributed by atoms with Crippen LogP contribution in [0.5, 0.6) is 11.5 Å². The Balaban J connectivity index is 2.34. The molecule has 0 aliphatic carbocycles. The van der Waals surface area contributed by atoms with Gasteiger partial charge in [0.15, 0.2) is 0 Å². The van der Waals surface area contributed by atoms with E-state index in [1.807, 2.05) is 30.3 Å². The van der Waals surface area contributed by atoms with Crippen molar-refractivity contribution < 1.29 is 10.2 Å². The van der Waals surface area contributed by atoms with Crippen molar-refractivity contribution in [3.63, 3.8) is 0 Å². The molecule has 0 unspecified atom stereocenters. The molecule has 0 saturated carbocycles. The molecular weight excluding hydrogens is 307 g/mol. The quantitative estimate of drug-likeness (QED) is 0.677. The molecule has 4 heteroatoms. The molecule has 3 nitrogen and oxygen atoms in total. The van der Waals surface area contributed by atoms with Gasteiger partial charge in [0.2, 0.25) is 0 Å². The Morgan fingerprint density at radius 2 is 1.68 bits per heavy atom. The van der Waals surface area contributed by atoms with Gasteiger partial charge in [-0.2, -0.15) is 0 Å². The fourth-order valence-corrected chi connectivity index (χ4v) is 4.40. The minimum absolute atomic E-state index is 0.0137. The first kappa shape index (κ1) is 12.0. The van der Waals surface area contributed by atoms with Crippen molar-refractivity contribution in [2.24, 2.45) is 0 Å². The molecular formula is C15H10O3Se. The molecule has 0 spiro atoms. The van der Waals surface area contributed by atoms with Crippen molar-refractivity contribution in [1.82, 2.24) is 0 Å². The van der Waals surface area contributed by atoms with Gasteiger partial charge in [-0.3, -0.25) is 0 Å². The van der Waals surface area contributed by atoms with E-state index in [1.54, 1.807) is 12.1 Å². The van der Waals surface area contributed by atoms with E-state index in [2.05, 4.69) is 0 Å². The van der Waals surface area contributed by atoms with Crippen LogP contribution < -0.4 is 5.43 Å². The first-order valence-electron chi connectivity index (χ1n) is 5.70. The fourth-order valence-electron chi connectivity index (χ4n) is 2.00. The number of aromatic hydroxyl groups is 2. The Morgan fingerprint density at radius 1 is 0.947 bits per heavy atom.